The summed E-state index contributed by atoms with van der Waals surface area (Å²) in [4.78, 5) is 12.9. The second-order valence-electron chi connectivity index (χ2n) is 2.53. The largest absolute Gasteiger partial charge is 0.495 e. The summed E-state index contributed by atoms with van der Waals surface area (Å²) in [5, 5.41) is 15.3. The van der Waals surface area contributed by atoms with Gasteiger partial charge in [0.25, 0.3) is 5.91 Å². The monoisotopic (exact) mass is 206 g/mol. The highest BCUT2D eigenvalue weighted by molar-refractivity contribution is 5.90. The molecule has 0 unspecified atom stereocenters. The van der Waals surface area contributed by atoms with Crippen LogP contribution in [-0.4, -0.2) is 26.2 Å². The van der Waals surface area contributed by atoms with Crippen molar-refractivity contribution in [2.45, 2.75) is 0 Å². The van der Waals surface area contributed by atoms with Gasteiger partial charge in [0.1, 0.15) is 0 Å². The van der Waals surface area contributed by atoms with Gasteiger partial charge in [-0.15, -0.1) is 5.10 Å². The van der Waals surface area contributed by atoms with E-state index in [1.54, 1.807) is 24.4 Å². The van der Waals surface area contributed by atoms with Gasteiger partial charge >= 0.3 is 0 Å². The maximum Gasteiger partial charge on any atom is 0.269 e. The lowest BCUT2D eigenvalue weighted by Gasteiger charge is -1.87. The molecule has 0 fully saturated rings. The van der Waals surface area contributed by atoms with E-state index in [1.165, 1.54) is 12.3 Å². The number of nitrogens with one attached hydrogen (secondary N) is 1. The summed E-state index contributed by atoms with van der Waals surface area (Å²) in [7, 11) is 0. The molecule has 0 atom stereocenters. The number of aromatic amines is 1. The lowest BCUT2D eigenvalue weighted by atomic mass is 10.4. The number of H-pyrrole nitrogens is 1. The molecule has 0 bridgehead atoms. The molecule has 15 heavy (non-hydrogen) atoms. The van der Waals surface area contributed by atoms with E-state index in [2.05, 4.69) is 15.2 Å². The summed E-state index contributed by atoms with van der Waals surface area (Å²) in [5.74, 6) is -0.335. The minimum atomic E-state index is -0.553. The SMILES string of the molecule is NC(=O)c1cccnn1.Oc1ccc[nH]1. The van der Waals surface area contributed by atoms with Crippen LogP contribution in [0.1, 0.15) is 10.5 Å². The van der Waals surface area contributed by atoms with Crippen molar-refractivity contribution in [3.05, 3.63) is 42.4 Å². The van der Waals surface area contributed by atoms with E-state index in [1.807, 2.05) is 0 Å². The minimum absolute atomic E-state index is 0.192. The molecule has 1 amide bonds. The van der Waals surface area contributed by atoms with Crippen molar-refractivity contribution in [3.63, 3.8) is 0 Å². The standard InChI is InChI=1S/C5H5N3O.C4H5NO/c6-5(9)4-2-1-3-7-8-4;6-4-2-1-3-5-4/h1-3H,(H2,6,9);1-3,5-6H. The van der Waals surface area contributed by atoms with Crippen LogP contribution in [-0.2, 0) is 0 Å². The Hall–Kier alpha value is -2.37. The molecular weight excluding hydrogens is 196 g/mol. The first-order valence-electron chi connectivity index (χ1n) is 4.10. The smallest absolute Gasteiger partial charge is 0.269 e. The zero-order chi connectivity index (χ0) is 11.1. The number of carbonyl (C=O) groups excluding carboxylic acids is 1. The second-order valence-corrected chi connectivity index (χ2v) is 2.53. The molecule has 0 spiro atoms. The van der Waals surface area contributed by atoms with Crippen molar-refractivity contribution >= 4 is 5.91 Å². The molecule has 2 aromatic rings. The molecule has 78 valence electrons. The number of amides is 1. The molecule has 2 aromatic heterocycles. The quantitative estimate of drug-likeness (QED) is 0.623. The maximum absolute atomic E-state index is 10.3. The van der Waals surface area contributed by atoms with Crippen LogP contribution in [0.3, 0.4) is 0 Å². The maximum atomic E-state index is 10.3. The molecule has 4 N–H and O–H groups in total. The first kappa shape index (κ1) is 10.7. The van der Waals surface area contributed by atoms with E-state index < -0.39 is 5.91 Å². The lowest BCUT2D eigenvalue weighted by Crippen LogP contribution is -2.12. The predicted molar refractivity (Wildman–Crippen MR) is 53.0 cm³/mol. The summed E-state index contributed by atoms with van der Waals surface area (Å²) in [6.45, 7) is 0. The molecule has 6 nitrogen and oxygen atoms in total. The van der Waals surface area contributed by atoms with Gasteiger partial charge in [-0.25, -0.2) is 0 Å². The first-order chi connectivity index (χ1) is 7.20. The van der Waals surface area contributed by atoms with Gasteiger partial charge in [-0.3, -0.25) is 4.79 Å². The van der Waals surface area contributed by atoms with Crippen LogP contribution in [0, 0.1) is 0 Å². The van der Waals surface area contributed by atoms with Crippen LogP contribution >= 0.6 is 0 Å². The molecule has 2 rings (SSSR count). The van der Waals surface area contributed by atoms with Crippen LogP contribution < -0.4 is 5.73 Å². The number of rotatable bonds is 1. The Morgan fingerprint density at radius 2 is 2.20 bits per heavy atom. The molecule has 0 radical (unpaired) electrons. The Morgan fingerprint density at radius 1 is 1.40 bits per heavy atom. The summed E-state index contributed by atoms with van der Waals surface area (Å²) in [5.41, 5.74) is 5.06. The summed E-state index contributed by atoms with van der Waals surface area (Å²) < 4.78 is 0. The average Bonchev–Trinajstić information content (AvgIpc) is 2.71. The minimum Gasteiger partial charge on any atom is -0.495 e. The van der Waals surface area contributed by atoms with Crippen LogP contribution in [0.25, 0.3) is 0 Å². The molecule has 6 heteroatoms. The number of carbonyl (C=O) groups is 1. The van der Waals surface area contributed by atoms with Gasteiger partial charge in [0, 0.05) is 12.4 Å². The fourth-order valence-corrected chi connectivity index (χ4v) is 0.754. The van der Waals surface area contributed by atoms with E-state index in [-0.39, 0.29) is 11.6 Å². The topological polar surface area (TPSA) is 105 Å². The predicted octanol–water partition coefficient (Wildman–Crippen LogP) is 0.296. The fourth-order valence-electron chi connectivity index (χ4n) is 0.754. The first-order valence-corrected chi connectivity index (χ1v) is 4.10. The molecule has 0 aliphatic rings. The number of aromatic nitrogens is 3. The highest BCUT2D eigenvalue weighted by Gasteiger charge is 1.97. The lowest BCUT2D eigenvalue weighted by molar-refractivity contribution is 0.0994. The van der Waals surface area contributed by atoms with E-state index in [9.17, 15) is 4.79 Å². The zero-order valence-corrected chi connectivity index (χ0v) is 7.79. The third kappa shape index (κ3) is 3.90. The molecule has 0 saturated heterocycles. The third-order valence-corrected chi connectivity index (χ3v) is 1.41. The third-order valence-electron chi connectivity index (χ3n) is 1.41. The molecule has 0 aliphatic carbocycles. The summed E-state index contributed by atoms with van der Waals surface area (Å²) >= 11 is 0. The van der Waals surface area contributed by atoms with Crippen molar-refractivity contribution in [1.29, 1.82) is 0 Å². The number of hydrogen-bond donors (Lipinski definition) is 3. The molecule has 0 aliphatic heterocycles. The van der Waals surface area contributed by atoms with Gasteiger partial charge in [-0.2, -0.15) is 5.10 Å². The van der Waals surface area contributed by atoms with Crippen LogP contribution in [0.4, 0.5) is 0 Å². The number of aromatic hydroxyl groups is 1. The van der Waals surface area contributed by atoms with Crippen molar-refractivity contribution in [2.24, 2.45) is 5.73 Å². The Morgan fingerprint density at radius 3 is 2.47 bits per heavy atom. The molecule has 0 saturated carbocycles. The van der Waals surface area contributed by atoms with Crippen LogP contribution in [0.2, 0.25) is 0 Å². The molecule has 0 aromatic carbocycles. The number of hydrogen-bond acceptors (Lipinski definition) is 4. The molecular formula is C9H10N4O2. The van der Waals surface area contributed by atoms with Gasteiger partial charge in [-0.1, -0.05) is 0 Å². The second kappa shape index (κ2) is 5.38. The van der Waals surface area contributed by atoms with E-state index >= 15 is 0 Å². The zero-order valence-electron chi connectivity index (χ0n) is 7.79. The fraction of sp³-hybridized carbons (Fsp3) is 0. The van der Waals surface area contributed by atoms with Gasteiger partial charge in [0.2, 0.25) is 0 Å². The van der Waals surface area contributed by atoms with E-state index in [0.29, 0.717) is 0 Å². The Labute approximate surface area is 85.8 Å². The average molecular weight is 206 g/mol. The van der Waals surface area contributed by atoms with E-state index in [0.717, 1.165) is 0 Å². The normalized spacial score (nSPS) is 8.80. The highest BCUT2D eigenvalue weighted by Crippen LogP contribution is 1.97. The van der Waals surface area contributed by atoms with Gasteiger partial charge < -0.3 is 15.8 Å². The number of primary amides is 1. The Balaban J connectivity index is 0.000000162. The highest BCUT2D eigenvalue weighted by atomic mass is 16.3. The van der Waals surface area contributed by atoms with Crippen molar-refractivity contribution in [2.75, 3.05) is 0 Å². The van der Waals surface area contributed by atoms with E-state index in [4.69, 9.17) is 10.8 Å². The van der Waals surface area contributed by atoms with Gasteiger partial charge in [0.15, 0.2) is 11.6 Å². The number of nitrogens with two attached hydrogens (primary N) is 1. The molecule has 2 heterocycles. The number of nitrogens with zero attached hydrogens (tertiary/aromatic N) is 2. The Bertz CT molecular complexity index is 399. The van der Waals surface area contributed by atoms with Gasteiger partial charge in [-0.05, 0) is 24.3 Å². The van der Waals surface area contributed by atoms with Crippen molar-refractivity contribution < 1.29 is 9.90 Å². The van der Waals surface area contributed by atoms with Gasteiger partial charge in [0.05, 0.1) is 0 Å². The van der Waals surface area contributed by atoms with Crippen molar-refractivity contribution in [1.82, 2.24) is 15.2 Å². The van der Waals surface area contributed by atoms with Crippen LogP contribution in [0.15, 0.2) is 36.7 Å². The summed E-state index contributed by atoms with van der Waals surface area (Å²) in [6.07, 6.45) is 3.14. The Kier molecular flexibility index (Phi) is 3.84. The van der Waals surface area contributed by atoms with Crippen LogP contribution in [0.5, 0.6) is 5.88 Å². The van der Waals surface area contributed by atoms with Crippen molar-refractivity contribution in [3.8, 4) is 5.88 Å². The summed E-state index contributed by atoms with van der Waals surface area (Å²) in [6, 6.07) is 6.43.